The van der Waals surface area contributed by atoms with Gasteiger partial charge >= 0.3 is 5.97 Å². The predicted molar refractivity (Wildman–Crippen MR) is 120 cm³/mol. The number of carbonyl (C=O) groups is 4. The number of hydrogen-bond donors (Lipinski definition) is 2. The van der Waals surface area contributed by atoms with Gasteiger partial charge in [-0.2, -0.15) is 0 Å². The van der Waals surface area contributed by atoms with Crippen LogP contribution < -0.4 is 5.73 Å². The van der Waals surface area contributed by atoms with Crippen molar-refractivity contribution in [1.82, 2.24) is 9.80 Å². The van der Waals surface area contributed by atoms with Crippen molar-refractivity contribution in [2.75, 3.05) is 19.4 Å². The van der Waals surface area contributed by atoms with E-state index >= 15 is 0 Å². The molecule has 2 aromatic carbocycles. The van der Waals surface area contributed by atoms with E-state index in [1.54, 1.807) is 12.1 Å². The van der Waals surface area contributed by atoms with E-state index in [9.17, 15) is 24.3 Å². The number of rotatable bonds is 6. The van der Waals surface area contributed by atoms with Gasteiger partial charge in [0.2, 0.25) is 5.91 Å². The molecule has 1 saturated heterocycles. The van der Waals surface area contributed by atoms with Gasteiger partial charge in [0.25, 0.3) is 11.8 Å². The Balaban J connectivity index is 2.05. The fourth-order valence-electron chi connectivity index (χ4n) is 3.99. The molecule has 3 N–H and O–H groups in total. The molecule has 0 bridgehead atoms. The van der Waals surface area contributed by atoms with Crippen molar-refractivity contribution in [3.05, 3.63) is 59.7 Å². The third-order valence-corrected chi connectivity index (χ3v) is 5.71. The summed E-state index contributed by atoms with van der Waals surface area (Å²) in [7, 11) is 1.18. The fraction of sp³-hybridized carbons (Fsp3) is 0.333. The van der Waals surface area contributed by atoms with Crippen LogP contribution in [-0.4, -0.2) is 64.3 Å². The highest BCUT2D eigenvalue weighted by atomic mass is 16.5. The van der Waals surface area contributed by atoms with E-state index in [4.69, 9.17) is 10.5 Å². The number of likely N-dealkylation sites (tertiary alicyclic amines) is 1. The van der Waals surface area contributed by atoms with Gasteiger partial charge in [-0.05, 0) is 54.8 Å². The van der Waals surface area contributed by atoms with Gasteiger partial charge in [0.15, 0.2) is 0 Å². The SMILES string of the molecule is COC(=O)C(Cc1ccc(O)cc1)N(C(=O)c1ccc(N)cc1)C(=O)C1CCCN1C(C)=O. The van der Waals surface area contributed by atoms with Crippen molar-refractivity contribution >= 4 is 29.4 Å². The van der Waals surface area contributed by atoms with Crippen LogP contribution >= 0.6 is 0 Å². The zero-order valence-corrected chi connectivity index (χ0v) is 18.6. The number of methoxy groups -OCH3 is 1. The van der Waals surface area contributed by atoms with Gasteiger partial charge in [0.05, 0.1) is 7.11 Å². The molecule has 2 aromatic rings. The van der Waals surface area contributed by atoms with Crippen LogP contribution in [0.3, 0.4) is 0 Å². The minimum Gasteiger partial charge on any atom is -0.508 e. The zero-order chi connectivity index (χ0) is 24.1. The Bertz CT molecular complexity index is 1040. The Labute approximate surface area is 191 Å². The van der Waals surface area contributed by atoms with Crippen LogP contribution in [0.4, 0.5) is 5.69 Å². The van der Waals surface area contributed by atoms with Gasteiger partial charge < -0.3 is 20.5 Å². The maximum atomic E-state index is 13.7. The molecule has 1 heterocycles. The molecule has 174 valence electrons. The minimum atomic E-state index is -1.27. The second kappa shape index (κ2) is 10.2. The molecule has 2 atom stereocenters. The van der Waals surface area contributed by atoms with Crippen molar-refractivity contribution in [2.45, 2.75) is 38.3 Å². The number of hydrogen-bond acceptors (Lipinski definition) is 7. The molecule has 0 spiro atoms. The van der Waals surface area contributed by atoms with Gasteiger partial charge in [0.1, 0.15) is 17.8 Å². The topological polar surface area (TPSA) is 130 Å². The molecule has 0 radical (unpaired) electrons. The summed E-state index contributed by atoms with van der Waals surface area (Å²) in [6.07, 6.45) is 0.976. The monoisotopic (exact) mass is 453 g/mol. The lowest BCUT2D eigenvalue weighted by molar-refractivity contribution is -0.153. The highest BCUT2D eigenvalue weighted by molar-refractivity contribution is 6.09. The summed E-state index contributed by atoms with van der Waals surface area (Å²) < 4.78 is 4.95. The summed E-state index contributed by atoms with van der Waals surface area (Å²) in [5.74, 6) is -2.34. The number of benzene rings is 2. The standard InChI is InChI=1S/C24H27N3O6/c1-15(28)26-13-3-4-20(26)23(31)27(22(30)17-7-9-18(25)10-8-17)21(24(32)33-2)14-16-5-11-19(29)12-6-16/h5-12,20-21,29H,3-4,13-14,25H2,1-2H3. The van der Waals surface area contributed by atoms with E-state index in [1.165, 1.54) is 55.3 Å². The van der Waals surface area contributed by atoms with Crippen LogP contribution in [0.25, 0.3) is 0 Å². The minimum absolute atomic E-state index is 0.0216. The first-order valence-electron chi connectivity index (χ1n) is 10.6. The van der Waals surface area contributed by atoms with E-state index in [0.29, 0.717) is 30.6 Å². The lowest BCUT2D eigenvalue weighted by Crippen LogP contribution is -2.56. The molecule has 0 aliphatic carbocycles. The number of nitrogens with two attached hydrogens (primary N) is 1. The second-order valence-corrected chi connectivity index (χ2v) is 7.92. The van der Waals surface area contributed by atoms with E-state index in [-0.39, 0.29) is 23.6 Å². The second-order valence-electron chi connectivity index (χ2n) is 7.92. The lowest BCUT2D eigenvalue weighted by atomic mass is 10.0. The van der Waals surface area contributed by atoms with E-state index < -0.39 is 29.9 Å². The molecular weight excluding hydrogens is 426 g/mol. The molecule has 1 aliphatic heterocycles. The summed E-state index contributed by atoms with van der Waals surface area (Å²) in [6.45, 7) is 1.77. The highest BCUT2D eigenvalue weighted by Crippen LogP contribution is 2.24. The first-order chi connectivity index (χ1) is 15.7. The quantitative estimate of drug-likeness (QED) is 0.387. The number of phenolic OH excluding ortho intramolecular Hbond substituents is 1. The maximum absolute atomic E-state index is 13.7. The zero-order valence-electron chi connectivity index (χ0n) is 18.6. The first-order valence-corrected chi connectivity index (χ1v) is 10.6. The Morgan fingerprint density at radius 2 is 1.76 bits per heavy atom. The van der Waals surface area contributed by atoms with E-state index in [2.05, 4.69) is 0 Å². The molecule has 1 fully saturated rings. The summed E-state index contributed by atoms with van der Waals surface area (Å²) in [5, 5.41) is 9.57. The largest absolute Gasteiger partial charge is 0.508 e. The molecule has 3 rings (SSSR count). The summed E-state index contributed by atoms with van der Waals surface area (Å²) >= 11 is 0. The van der Waals surface area contributed by atoms with Crippen LogP contribution in [0.2, 0.25) is 0 Å². The van der Waals surface area contributed by atoms with Gasteiger partial charge in [-0.15, -0.1) is 0 Å². The summed E-state index contributed by atoms with van der Waals surface area (Å²) in [6, 6.07) is 9.98. The molecule has 1 aliphatic rings. The Morgan fingerprint density at radius 3 is 2.33 bits per heavy atom. The number of carbonyl (C=O) groups excluding carboxylic acids is 4. The number of nitrogens with zero attached hydrogens (tertiary/aromatic N) is 2. The predicted octanol–water partition coefficient (Wildman–Crippen LogP) is 1.74. The molecule has 3 amide bonds. The Morgan fingerprint density at radius 1 is 1.12 bits per heavy atom. The van der Waals surface area contributed by atoms with Crippen molar-refractivity contribution in [3.8, 4) is 5.75 Å². The average Bonchev–Trinajstić information content (AvgIpc) is 3.30. The Kier molecular flexibility index (Phi) is 7.32. The van der Waals surface area contributed by atoms with Crippen molar-refractivity contribution in [2.24, 2.45) is 0 Å². The van der Waals surface area contributed by atoms with Crippen LogP contribution in [0.5, 0.6) is 5.75 Å². The Hall–Kier alpha value is -3.88. The third kappa shape index (κ3) is 5.31. The number of phenols is 1. The molecular formula is C24H27N3O6. The summed E-state index contributed by atoms with van der Waals surface area (Å²) in [5.41, 5.74) is 6.95. The average molecular weight is 453 g/mol. The van der Waals surface area contributed by atoms with Crippen LogP contribution in [0, 0.1) is 0 Å². The molecule has 33 heavy (non-hydrogen) atoms. The number of imide groups is 1. The third-order valence-electron chi connectivity index (χ3n) is 5.71. The number of ether oxygens (including phenoxy) is 1. The van der Waals surface area contributed by atoms with Gasteiger partial charge in [-0.1, -0.05) is 12.1 Å². The normalized spacial score (nSPS) is 16.2. The van der Waals surface area contributed by atoms with Crippen LogP contribution in [0.15, 0.2) is 48.5 Å². The van der Waals surface area contributed by atoms with Crippen LogP contribution in [0.1, 0.15) is 35.7 Å². The number of aromatic hydroxyl groups is 1. The van der Waals surface area contributed by atoms with Gasteiger partial charge in [0, 0.05) is 31.1 Å². The molecule has 0 aromatic heterocycles. The first kappa shape index (κ1) is 23.8. The van der Waals surface area contributed by atoms with Gasteiger partial charge in [-0.25, -0.2) is 4.79 Å². The number of nitrogen functional groups attached to an aromatic ring is 1. The maximum Gasteiger partial charge on any atom is 0.329 e. The summed E-state index contributed by atoms with van der Waals surface area (Å²) in [4.78, 5) is 54.5. The van der Waals surface area contributed by atoms with E-state index in [1.807, 2.05) is 0 Å². The van der Waals surface area contributed by atoms with Crippen molar-refractivity contribution in [3.63, 3.8) is 0 Å². The number of esters is 1. The van der Waals surface area contributed by atoms with Crippen LogP contribution in [-0.2, 0) is 25.5 Å². The van der Waals surface area contributed by atoms with E-state index in [0.717, 1.165) is 4.90 Å². The smallest absolute Gasteiger partial charge is 0.329 e. The van der Waals surface area contributed by atoms with Gasteiger partial charge in [-0.3, -0.25) is 19.3 Å². The fourth-order valence-corrected chi connectivity index (χ4v) is 3.99. The van der Waals surface area contributed by atoms with Crippen molar-refractivity contribution in [1.29, 1.82) is 0 Å². The molecule has 9 nitrogen and oxygen atoms in total. The number of anilines is 1. The number of amides is 3. The lowest BCUT2D eigenvalue weighted by Gasteiger charge is -2.33. The molecule has 2 unspecified atom stereocenters. The molecule has 0 saturated carbocycles. The highest BCUT2D eigenvalue weighted by Gasteiger charge is 2.43. The van der Waals surface area contributed by atoms with Crippen molar-refractivity contribution < 1.29 is 29.0 Å². The molecule has 9 heteroatoms.